The van der Waals surface area contributed by atoms with E-state index in [9.17, 15) is 14.4 Å². The van der Waals surface area contributed by atoms with Gasteiger partial charge in [0, 0.05) is 13.1 Å². The molecule has 0 spiro atoms. The van der Waals surface area contributed by atoms with Gasteiger partial charge in [0.15, 0.2) is 0 Å². The van der Waals surface area contributed by atoms with Crippen molar-refractivity contribution in [3.63, 3.8) is 0 Å². The van der Waals surface area contributed by atoms with Gasteiger partial charge in [0.2, 0.25) is 11.8 Å². The second kappa shape index (κ2) is 10.7. The lowest BCUT2D eigenvalue weighted by atomic mass is 9.89. The zero-order valence-electron chi connectivity index (χ0n) is 14.9. The molecule has 0 aromatic rings. The predicted molar refractivity (Wildman–Crippen MR) is 96.8 cm³/mol. The fourth-order valence-corrected chi connectivity index (χ4v) is 4.04. The maximum atomic E-state index is 12.5. The van der Waals surface area contributed by atoms with Crippen LogP contribution in [0.25, 0.3) is 0 Å². The van der Waals surface area contributed by atoms with Crippen molar-refractivity contribution in [1.29, 1.82) is 0 Å². The summed E-state index contributed by atoms with van der Waals surface area (Å²) >= 11 is 1.14. The lowest BCUT2D eigenvalue weighted by Crippen LogP contribution is -2.48. The number of carbonyl (C=O) groups excluding carboxylic acids is 3. The Kier molecular flexibility index (Phi) is 8.54. The van der Waals surface area contributed by atoms with Gasteiger partial charge in [-0.15, -0.1) is 0 Å². The number of rotatable bonds is 8. The van der Waals surface area contributed by atoms with Gasteiger partial charge >= 0.3 is 5.97 Å². The molecular formula is C17H29N3O4S. The zero-order chi connectivity index (χ0) is 18.1. The Hall–Kier alpha value is -1.28. The van der Waals surface area contributed by atoms with E-state index < -0.39 is 0 Å². The van der Waals surface area contributed by atoms with Crippen LogP contribution in [0, 0.1) is 5.92 Å². The van der Waals surface area contributed by atoms with Gasteiger partial charge in [-0.3, -0.25) is 19.1 Å². The molecule has 1 atom stereocenters. The summed E-state index contributed by atoms with van der Waals surface area (Å²) < 4.78 is 7.40. The Bertz CT molecular complexity index is 469. The maximum Gasteiger partial charge on any atom is 0.316 e. The SMILES string of the molecule is COC(=O)CSNCC(=O)N1CCCC1C(=O)NCC1CCCCC1. The summed E-state index contributed by atoms with van der Waals surface area (Å²) in [7, 11) is 1.33. The standard InChI is InChI=1S/C17H29N3O4S/c1-24-16(22)12-25-19-11-15(21)20-9-5-8-14(20)17(23)18-10-13-6-3-2-4-7-13/h13-14,19H,2-12H2,1H3,(H,18,23). The third-order valence-corrected chi connectivity index (χ3v) is 5.64. The van der Waals surface area contributed by atoms with Crippen LogP contribution in [0.15, 0.2) is 0 Å². The van der Waals surface area contributed by atoms with Crippen LogP contribution >= 0.6 is 11.9 Å². The van der Waals surface area contributed by atoms with E-state index in [4.69, 9.17) is 0 Å². The summed E-state index contributed by atoms with van der Waals surface area (Å²) in [5, 5.41) is 3.05. The van der Waals surface area contributed by atoms with E-state index in [1.807, 2.05) is 0 Å². The average Bonchev–Trinajstić information content (AvgIpc) is 3.13. The van der Waals surface area contributed by atoms with Crippen molar-refractivity contribution in [2.45, 2.75) is 51.0 Å². The number of hydrogen-bond donors (Lipinski definition) is 2. The molecule has 7 nitrogen and oxygen atoms in total. The van der Waals surface area contributed by atoms with E-state index in [1.54, 1.807) is 4.90 Å². The molecule has 0 aromatic carbocycles. The Labute approximate surface area is 153 Å². The number of ether oxygens (including phenoxy) is 1. The molecule has 1 heterocycles. The van der Waals surface area contributed by atoms with E-state index in [-0.39, 0.29) is 36.1 Å². The summed E-state index contributed by atoms with van der Waals surface area (Å²) in [4.78, 5) is 37.5. The smallest absolute Gasteiger partial charge is 0.316 e. The summed E-state index contributed by atoms with van der Waals surface area (Å²) in [5.41, 5.74) is 0. The van der Waals surface area contributed by atoms with Crippen LogP contribution in [-0.2, 0) is 19.1 Å². The van der Waals surface area contributed by atoms with Crippen LogP contribution in [0.5, 0.6) is 0 Å². The van der Waals surface area contributed by atoms with Crippen LogP contribution in [0.2, 0.25) is 0 Å². The van der Waals surface area contributed by atoms with Crippen molar-refractivity contribution in [3.05, 3.63) is 0 Å². The Balaban J connectivity index is 1.71. The van der Waals surface area contributed by atoms with Crippen molar-refractivity contribution >= 4 is 29.7 Å². The minimum Gasteiger partial charge on any atom is -0.468 e. The number of amides is 2. The highest BCUT2D eigenvalue weighted by Crippen LogP contribution is 2.23. The normalized spacial score (nSPS) is 21.2. The summed E-state index contributed by atoms with van der Waals surface area (Å²) in [6, 6.07) is -0.358. The number of carbonyl (C=O) groups is 3. The predicted octanol–water partition coefficient (Wildman–Crippen LogP) is 1.08. The Morgan fingerprint density at radius 1 is 1.12 bits per heavy atom. The van der Waals surface area contributed by atoms with E-state index >= 15 is 0 Å². The van der Waals surface area contributed by atoms with Crippen molar-refractivity contribution in [2.75, 3.05) is 32.5 Å². The molecule has 2 N–H and O–H groups in total. The highest BCUT2D eigenvalue weighted by Gasteiger charge is 2.33. The van der Waals surface area contributed by atoms with Crippen molar-refractivity contribution in [2.24, 2.45) is 5.92 Å². The second-order valence-electron chi connectivity index (χ2n) is 6.68. The third-order valence-electron chi connectivity index (χ3n) is 4.91. The number of hydrogen-bond acceptors (Lipinski definition) is 6. The topological polar surface area (TPSA) is 87.7 Å². The van der Waals surface area contributed by atoms with Gasteiger partial charge < -0.3 is 15.0 Å². The lowest BCUT2D eigenvalue weighted by molar-refractivity contribution is -0.137. The highest BCUT2D eigenvalue weighted by molar-refractivity contribution is 7.98. The van der Waals surface area contributed by atoms with Crippen molar-refractivity contribution < 1.29 is 19.1 Å². The van der Waals surface area contributed by atoms with Gasteiger partial charge in [0.05, 0.1) is 13.7 Å². The number of esters is 1. The number of nitrogens with one attached hydrogen (secondary N) is 2. The number of likely N-dealkylation sites (tertiary alicyclic amines) is 1. The zero-order valence-corrected chi connectivity index (χ0v) is 15.7. The molecule has 2 fully saturated rings. The first kappa shape index (κ1) is 20.0. The molecule has 1 saturated carbocycles. The van der Waals surface area contributed by atoms with Gasteiger partial charge in [0.1, 0.15) is 11.8 Å². The monoisotopic (exact) mass is 371 g/mol. The fraction of sp³-hybridized carbons (Fsp3) is 0.824. The van der Waals surface area contributed by atoms with E-state index in [0.29, 0.717) is 12.5 Å². The minimum absolute atomic E-state index is 0.0290. The van der Waals surface area contributed by atoms with Gasteiger partial charge in [0.25, 0.3) is 0 Å². The quantitative estimate of drug-likeness (QED) is 0.377. The minimum atomic E-state index is -0.358. The Morgan fingerprint density at radius 2 is 1.88 bits per heavy atom. The highest BCUT2D eigenvalue weighted by atomic mass is 32.2. The second-order valence-corrected chi connectivity index (χ2v) is 7.55. The summed E-state index contributed by atoms with van der Waals surface area (Å²) in [6.07, 6.45) is 7.76. The molecule has 2 aliphatic rings. The summed E-state index contributed by atoms with van der Waals surface area (Å²) in [5.74, 6) is 0.256. The number of methoxy groups -OCH3 is 1. The van der Waals surface area contributed by atoms with Crippen molar-refractivity contribution in [3.8, 4) is 0 Å². The molecular weight excluding hydrogens is 342 g/mol. The first-order valence-electron chi connectivity index (χ1n) is 9.10. The molecule has 8 heteroatoms. The van der Waals surface area contributed by atoms with Crippen LogP contribution in [0.1, 0.15) is 44.9 Å². The molecule has 2 rings (SSSR count). The number of nitrogens with zero attached hydrogens (tertiary/aromatic N) is 1. The van der Waals surface area contributed by atoms with Gasteiger partial charge in [-0.2, -0.15) is 0 Å². The van der Waals surface area contributed by atoms with Crippen LogP contribution in [0.3, 0.4) is 0 Å². The van der Waals surface area contributed by atoms with Gasteiger partial charge in [-0.05, 0) is 31.6 Å². The molecule has 0 aromatic heterocycles. The molecule has 1 unspecified atom stereocenters. The maximum absolute atomic E-state index is 12.5. The Morgan fingerprint density at radius 3 is 2.60 bits per heavy atom. The van der Waals surface area contributed by atoms with Crippen LogP contribution in [-0.4, -0.2) is 61.2 Å². The molecule has 1 aliphatic heterocycles. The van der Waals surface area contributed by atoms with Gasteiger partial charge in [-0.25, -0.2) is 0 Å². The summed E-state index contributed by atoms with van der Waals surface area (Å²) in [6.45, 7) is 1.45. The molecule has 25 heavy (non-hydrogen) atoms. The first-order valence-corrected chi connectivity index (χ1v) is 10.1. The largest absolute Gasteiger partial charge is 0.468 e. The van der Waals surface area contributed by atoms with E-state index in [1.165, 1.54) is 39.2 Å². The van der Waals surface area contributed by atoms with Crippen molar-refractivity contribution in [1.82, 2.24) is 14.9 Å². The molecule has 142 valence electrons. The lowest BCUT2D eigenvalue weighted by Gasteiger charge is -2.26. The molecule has 1 aliphatic carbocycles. The van der Waals surface area contributed by atoms with Gasteiger partial charge in [-0.1, -0.05) is 31.2 Å². The first-order chi connectivity index (χ1) is 12.1. The van der Waals surface area contributed by atoms with E-state index in [2.05, 4.69) is 14.8 Å². The molecule has 0 radical (unpaired) electrons. The molecule has 0 bridgehead atoms. The van der Waals surface area contributed by atoms with E-state index in [0.717, 1.165) is 31.3 Å². The molecule has 2 amide bonds. The van der Waals surface area contributed by atoms with Crippen LogP contribution < -0.4 is 10.0 Å². The fourth-order valence-electron chi connectivity index (χ4n) is 3.48. The average molecular weight is 372 g/mol. The third kappa shape index (κ3) is 6.51. The molecule has 1 saturated heterocycles. The van der Waals surface area contributed by atoms with Crippen LogP contribution in [0.4, 0.5) is 0 Å².